The van der Waals surface area contributed by atoms with E-state index in [0.717, 1.165) is 12.0 Å². The van der Waals surface area contributed by atoms with Crippen LogP contribution in [0.2, 0.25) is 0 Å². The highest BCUT2D eigenvalue weighted by Gasteiger charge is 2.29. The molecular weight excluding hydrogens is 412 g/mol. The molecule has 0 bridgehead atoms. The molecule has 0 unspecified atom stereocenters. The molecule has 2 aromatic carbocycles. The van der Waals surface area contributed by atoms with Gasteiger partial charge in [-0.3, -0.25) is 9.59 Å². The first-order valence-electron chi connectivity index (χ1n) is 12.0. The second kappa shape index (κ2) is 12.4. The minimum absolute atomic E-state index is 0.0555. The van der Waals surface area contributed by atoms with Gasteiger partial charge in [-0.2, -0.15) is 0 Å². The molecule has 0 saturated heterocycles. The van der Waals surface area contributed by atoms with E-state index in [-0.39, 0.29) is 29.9 Å². The van der Waals surface area contributed by atoms with Crippen LogP contribution < -0.4 is 10.1 Å². The Labute approximate surface area is 199 Å². The average molecular weight is 453 g/mol. The van der Waals surface area contributed by atoms with Gasteiger partial charge in [0, 0.05) is 12.6 Å². The molecule has 0 aromatic heterocycles. The molecule has 5 nitrogen and oxygen atoms in total. The molecule has 2 atom stereocenters. The third kappa shape index (κ3) is 8.23. The number of hydrogen-bond acceptors (Lipinski definition) is 3. The summed E-state index contributed by atoms with van der Waals surface area (Å²) in [7, 11) is 0. The molecule has 33 heavy (non-hydrogen) atoms. The number of ether oxygens (including phenoxy) is 1. The molecule has 180 valence electrons. The van der Waals surface area contributed by atoms with Crippen molar-refractivity contribution in [2.24, 2.45) is 0 Å². The first-order chi connectivity index (χ1) is 15.7. The van der Waals surface area contributed by atoms with Crippen molar-refractivity contribution in [1.29, 1.82) is 0 Å². The van der Waals surface area contributed by atoms with Crippen molar-refractivity contribution in [1.82, 2.24) is 10.2 Å². The van der Waals surface area contributed by atoms with Crippen molar-refractivity contribution in [2.45, 2.75) is 78.3 Å². The number of carbonyl (C=O) groups excluding carboxylic acids is 2. The number of nitrogens with one attached hydrogen (secondary N) is 1. The van der Waals surface area contributed by atoms with Gasteiger partial charge in [0.2, 0.25) is 5.91 Å². The van der Waals surface area contributed by atoms with E-state index in [0.29, 0.717) is 25.1 Å². The maximum absolute atomic E-state index is 13.2. The van der Waals surface area contributed by atoms with Gasteiger partial charge in [-0.15, -0.1) is 0 Å². The van der Waals surface area contributed by atoms with Gasteiger partial charge in [0.05, 0.1) is 0 Å². The van der Waals surface area contributed by atoms with Crippen LogP contribution in [0, 0.1) is 0 Å². The van der Waals surface area contributed by atoms with Gasteiger partial charge in [-0.25, -0.2) is 0 Å². The molecule has 0 aliphatic carbocycles. The lowest BCUT2D eigenvalue weighted by molar-refractivity contribution is -0.142. The highest BCUT2D eigenvalue weighted by molar-refractivity contribution is 5.88. The Morgan fingerprint density at radius 2 is 1.61 bits per heavy atom. The highest BCUT2D eigenvalue weighted by Crippen LogP contribution is 2.24. The monoisotopic (exact) mass is 452 g/mol. The lowest BCUT2D eigenvalue weighted by Crippen LogP contribution is -2.52. The van der Waals surface area contributed by atoms with E-state index in [1.165, 1.54) is 5.56 Å². The average Bonchev–Trinajstić information content (AvgIpc) is 2.80. The van der Waals surface area contributed by atoms with Crippen LogP contribution in [0.4, 0.5) is 0 Å². The van der Waals surface area contributed by atoms with E-state index in [9.17, 15) is 9.59 Å². The molecule has 0 saturated carbocycles. The van der Waals surface area contributed by atoms with Gasteiger partial charge < -0.3 is 15.0 Å². The minimum atomic E-state index is -0.526. The fraction of sp³-hybridized carbons (Fsp3) is 0.500. The molecule has 5 heteroatoms. The molecule has 0 fully saturated rings. The van der Waals surface area contributed by atoms with Crippen molar-refractivity contribution in [2.75, 3.05) is 13.2 Å². The summed E-state index contributed by atoms with van der Waals surface area (Å²) in [5, 5.41) is 3.03. The van der Waals surface area contributed by atoms with Crippen molar-refractivity contribution in [3.8, 4) is 5.75 Å². The largest absolute Gasteiger partial charge is 0.484 e. The summed E-state index contributed by atoms with van der Waals surface area (Å²) in [4.78, 5) is 27.9. The van der Waals surface area contributed by atoms with Gasteiger partial charge in [-0.05, 0) is 54.9 Å². The maximum Gasteiger partial charge on any atom is 0.261 e. The van der Waals surface area contributed by atoms with Crippen molar-refractivity contribution >= 4 is 11.8 Å². The normalized spacial score (nSPS) is 13.2. The van der Waals surface area contributed by atoms with Crippen molar-refractivity contribution in [3.05, 3.63) is 65.7 Å². The van der Waals surface area contributed by atoms with Gasteiger partial charge in [0.1, 0.15) is 11.8 Å². The Balaban J connectivity index is 2.12. The fourth-order valence-corrected chi connectivity index (χ4v) is 3.62. The van der Waals surface area contributed by atoms with Gasteiger partial charge >= 0.3 is 0 Å². The molecule has 2 aromatic rings. The summed E-state index contributed by atoms with van der Waals surface area (Å²) in [5.41, 5.74) is 2.39. The summed E-state index contributed by atoms with van der Waals surface area (Å²) in [5.74, 6) is 0.358. The molecule has 0 spiro atoms. The predicted octanol–water partition coefficient (Wildman–Crippen LogP) is 5.13. The lowest BCUT2D eigenvalue weighted by atomic mass is 9.87. The SMILES string of the molecule is CC[C@@H](C)NC(=O)[C@@H](CC)N(CCc1ccccc1)C(=O)COc1ccc(C(C)(C)C)cc1. The molecule has 1 N–H and O–H groups in total. The second-order valence-corrected chi connectivity index (χ2v) is 9.63. The van der Waals surface area contributed by atoms with E-state index in [4.69, 9.17) is 4.74 Å². The fourth-order valence-electron chi connectivity index (χ4n) is 3.62. The van der Waals surface area contributed by atoms with E-state index in [1.54, 1.807) is 4.90 Å². The first kappa shape index (κ1) is 26.4. The molecule has 0 aliphatic heterocycles. The van der Waals surface area contributed by atoms with Gasteiger partial charge in [0.25, 0.3) is 5.91 Å². The summed E-state index contributed by atoms with van der Waals surface area (Å²) in [6.07, 6.45) is 2.07. The van der Waals surface area contributed by atoms with Crippen LogP contribution in [-0.2, 0) is 21.4 Å². The van der Waals surface area contributed by atoms with E-state index in [2.05, 4.69) is 26.1 Å². The number of hydrogen-bond donors (Lipinski definition) is 1. The number of rotatable bonds is 11. The smallest absolute Gasteiger partial charge is 0.261 e. The Kier molecular flexibility index (Phi) is 9.95. The summed E-state index contributed by atoms with van der Waals surface area (Å²) in [6.45, 7) is 12.8. The zero-order valence-electron chi connectivity index (χ0n) is 21.1. The Morgan fingerprint density at radius 1 is 0.970 bits per heavy atom. The molecule has 2 amide bonds. The number of nitrogens with zero attached hydrogens (tertiary/aromatic N) is 1. The van der Waals surface area contributed by atoms with E-state index in [1.807, 2.05) is 75.4 Å². The molecule has 2 rings (SSSR count). The molecule has 0 aliphatic rings. The minimum Gasteiger partial charge on any atom is -0.484 e. The molecular formula is C28H40N2O3. The van der Waals surface area contributed by atoms with Crippen LogP contribution in [-0.4, -0.2) is 41.9 Å². The third-order valence-electron chi connectivity index (χ3n) is 5.95. The maximum atomic E-state index is 13.2. The molecule has 0 heterocycles. The van der Waals surface area contributed by atoms with Crippen molar-refractivity contribution < 1.29 is 14.3 Å². The molecule has 0 radical (unpaired) electrons. The summed E-state index contributed by atoms with van der Waals surface area (Å²) >= 11 is 0. The van der Waals surface area contributed by atoms with Crippen LogP contribution in [0.15, 0.2) is 54.6 Å². The number of amides is 2. The topological polar surface area (TPSA) is 58.6 Å². The highest BCUT2D eigenvalue weighted by atomic mass is 16.5. The Bertz CT molecular complexity index is 872. The lowest BCUT2D eigenvalue weighted by Gasteiger charge is -2.31. The van der Waals surface area contributed by atoms with Gasteiger partial charge in [0.15, 0.2) is 6.61 Å². The van der Waals surface area contributed by atoms with Crippen LogP contribution in [0.1, 0.15) is 65.5 Å². The van der Waals surface area contributed by atoms with Crippen LogP contribution >= 0.6 is 0 Å². The quantitative estimate of drug-likeness (QED) is 0.514. The Hall–Kier alpha value is -2.82. The number of benzene rings is 2. The summed E-state index contributed by atoms with van der Waals surface area (Å²) < 4.78 is 5.82. The zero-order chi connectivity index (χ0) is 24.4. The van der Waals surface area contributed by atoms with E-state index >= 15 is 0 Å². The predicted molar refractivity (Wildman–Crippen MR) is 134 cm³/mol. The van der Waals surface area contributed by atoms with Gasteiger partial charge in [-0.1, -0.05) is 77.1 Å². The third-order valence-corrected chi connectivity index (χ3v) is 5.95. The van der Waals surface area contributed by atoms with Crippen LogP contribution in [0.5, 0.6) is 5.75 Å². The standard InChI is InChI=1S/C28H40N2O3/c1-7-21(3)29-27(32)25(8-2)30(19-18-22-12-10-9-11-13-22)26(31)20-33-24-16-14-23(15-17-24)28(4,5)6/h9-17,21,25H,7-8,18-20H2,1-6H3,(H,29,32)/t21-,25-/m1/s1. The Morgan fingerprint density at radius 3 is 2.15 bits per heavy atom. The zero-order valence-corrected chi connectivity index (χ0v) is 21.1. The van der Waals surface area contributed by atoms with Crippen molar-refractivity contribution in [3.63, 3.8) is 0 Å². The van der Waals surface area contributed by atoms with Crippen LogP contribution in [0.25, 0.3) is 0 Å². The number of carbonyl (C=O) groups is 2. The van der Waals surface area contributed by atoms with Crippen LogP contribution in [0.3, 0.4) is 0 Å². The van der Waals surface area contributed by atoms with E-state index < -0.39 is 6.04 Å². The summed E-state index contributed by atoms with van der Waals surface area (Å²) in [6, 6.07) is 17.4. The second-order valence-electron chi connectivity index (χ2n) is 9.63. The first-order valence-corrected chi connectivity index (χ1v) is 12.0.